The van der Waals surface area contributed by atoms with Gasteiger partial charge in [-0.05, 0) is 17.1 Å². The lowest BCUT2D eigenvalue weighted by molar-refractivity contribution is -0.393. The van der Waals surface area contributed by atoms with Crippen LogP contribution in [0.15, 0.2) is 36.7 Å². The summed E-state index contributed by atoms with van der Waals surface area (Å²) in [6.45, 7) is -0.250. The molecule has 2 rings (SSSR count). The summed E-state index contributed by atoms with van der Waals surface area (Å²) >= 11 is 0. The van der Waals surface area contributed by atoms with Crippen molar-refractivity contribution in [3.63, 3.8) is 0 Å². The molecule has 0 aliphatic carbocycles. The molecule has 11 nitrogen and oxygen atoms in total. The summed E-state index contributed by atoms with van der Waals surface area (Å²) in [5, 5.41) is 42.1. The number of hydrogen-bond acceptors (Lipinski definition) is 7. The van der Waals surface area contributed by atoms with Crippen molar-refractivity contribution in [2.45, 2.75) is 0 Å². The molecular formula is C13H15N3O8. The quantitative estimate of drug-likeness (QED) is 0.386. The monoisotopic (exact) mass is 341 g/mol. The molecule has 0 atom stereocenters. The average Bonchev–Trinajstić information content (AvgIpc) is 3.10. The number of aromatic nitrogens is 2. The number of benzene rings is 1. The van der Waals surface area contributed by atoms with E-state index in [1.165, 1.54) is 36.7 Å². The fraction of sp³-hybridized carbons (Fsp3) is 0.154. The van der Waals surface area contributed by atoms with Crippen LogP contribution in [0.25, 0.3) is 0 Å². The van der Waals surface area contributed by atoms with Gasteiger partial charge in [-0.15, -0.1) is 0 Å². The first kappa shape index (κ1) is 20.7. The number of carboxylic acids is 2. The fourth-order valence-corrected chi connectivity index (χ4v) is 1.21. The highest BCUT2D eigenvalue weighted by atomic mass is 16.6. The minimum atomic E-state index is -1.23. The largest absolute Gasteiger partial charge is 0.478 e. The van der Waals surface area contributed by atoms with Crippen LogP contribution in [-0.4, -0.2) is 60.5 Å². The van der Waals surface area contributed by atoms with Crippen LogP contribution in [0.2, 0.25) is 0 Å². The number of aliphatic hydroxyl groups is 2. The number of carbonyl (C=O) groups is 2. The normalized spacial score (nSPS) is 8.92. The van der Waals surface area contributed by atoms with Crippen LogP contribution in [0.1, 0.15) is 20.7 Å². The lowest BCUT2D eigenvalue weighted by Gasteiger charge is -1.98. The molecule has 1 aromatic heterocycles. The SMILES string of the molecule is O=C(O)c1ccccc1C(=O)O.O=[N+]([O-])c1ncc[nH]1.OCCO. The molecule has 0 aliphatic rings. The Bertz CT molecular complexity index is 622. The molecule has 0 radical (unpaired) electrons. The van der Waals surface area contributed by atoms with Crippen LogP contribution < -0.4 is 0 Å². The number of H-pyrrole nitrogens is 1. The lowest BCUT2D eigenvalue weighted by atomic mass is 10.1. The van der Waals surface area contributed by atoms with Crippen molar-refractivity contribution in [3.8, 4) is 0 Å². The summed E-state index contributed by atoms with van der Waals surface area (Å²) in [5.41, 5.74) is -0.380. The third-order valence-electron chi connectivity index (χ3n) is 2.14. The van der Waals surface area contributed by atoms with Gasteiger partial charge in [-0.3, -0.25) is 0 Å². The van der Waals surface area contributed by atoms with E-state index in [0.29, 0.717) is 0 Å². The Labute approximate surface area is 135 Å². The minimum absolute atomic E-state index is 0.125. The van der Waals surface area contributed by atoms with Gasteiger partial charge in [0, 0.05) is 0 Å². The molecule has 5 N–H and O–H groups in total. The molecular weight excluding hydrogens is 326 g/mol. The van der Waals surface area contributed by atoms with E-state index in [1.54, 1.807) is 0 Å². The molecule has 24 heavy (non-hydrogen) atoms. The average molecular weight is 341 g/mol. The number of aromatic amines is 1. The molecule has 0 unspecified atom stereocenters. The van der Waals surface area contributed by atoms with Gasteiger partial charge in [0.1, 0.15) is 6.20 Å². The predicted octanol–water partition coefficient (Wildman–Crippen LogP) is 0.372. The summed E-state index contributed by atoms with van der Waals surface area (Å²) in [4.78, 5) is 35.8. The topological polar surface area (TPSA) is 187 Å². The first-order chi connectivity index (χ1) is 11.3. The second-order valence-electron chi connectivity index (χ2n) is 3.77. The molecule has 11 heteroatoms. The summed E-state index contributed by atoms with van der Waals surface area (Å²) in [6, 6.07) is 5.48. The fourth-order valence-electron chi connectivity index (χ4n) is 1.21. The minimum Gasteiger partial charge on any atom is -0.478 e. The van der Waals surface area contributed by atoms with Crippen molar-refractivity contribution in [2.24, 2.45) is 0 Å². The number of nitro groups is 1. The Morgan fingerprint density at radius 3 is 1.75 bits per heavy atom. The maximum absolute atomic E-state index is 10.5. The van der Waals surface area contributed by atoms with Gasteiger partial charge in [-0.1, -0.05) is 17.1 Å². The van der Waals surface area contributed by atoms with Crippen molar-refractivity contribution in [2.75, 3.05) is 13.2 Å². The number of nitrogens with one attached hydrogen (secondary N) is 1. The number of imidazole rings is 1. The molecule has 0 spiro atoms. The summed E-state index contributed by atoms with van der Waals surface area (Å²) in [6.07, 6.45) is 2.73. The third-order valence-corrected chi connectivity index (χ3v) is 2.14. The number of hydrogen-bond donors (Lipinski definition) is 5. The number of aromatic carboxylic acids is 2. The van der Waals surface area contributed by atoms with E-state index in [4.69, 9.17) is 20.4 Å². The second-order valence-corrected chi connectivity index (χ2v) is 3.77. The highest BCUT2D eigenvalue weighted by molar-refractivity contribution is 6.01. The molecule has 0 fully saturated rings. The van der Waals surface area contributed by atoms with Crippen molar-refractivity contribution in [3.05, 3.63) is 57.9 Å². The van der Waals surface area contributed by atoms with Gasteiger partial charge in [0.05, 0.1) is 30.5 Å². The standard InChI is InChI=1S/C8H6O4.C3H3N3O2.C2H6O2/c9-7(10)5-3-1-2-4-6(5)8(11)12;7-6(8)3-4-1-2-5-3;3-1-2-4/h1-4H,(H,9,10)(H,11,12);1-2H,(H,4,5);3-4H,1-2H2. The predicted molar refractivity (Wildman–Crippen MR) is 79.8 cm³/mol. The van der Waals surface area contributed by atoms with E-state index >= 15 is 0 Å². The van der Waals surface area contributed by atoms with Gasteiger partial charge in [-0.25, -0.2) is 14.6 Å². The molecule has 0 bridgehead atoms. The zero-order valence-electron chi connectivity index (χ0n) is 12.2. The third kappa shape index (κ3) is 7.63. The smallest absolute Gasteiger partial charge is 0.432 e. The van der Waals surface area contributed by atoms with Crippen LogP contribution in [0, 0.1) is 10.1 Å². The van der Waals surface area contributed by atoms with Gasteiger partial charge in [0.15, 0.2) is 0 Å². The van der Waals surface area contributed by atoms with Gasteiger partial charge < -0.3 is 30.5 Å². The highest BCUT2D eigenvalue weighted by Crippen LogP contribution is 2.07. The van der Waals surface area contributed by atoms with E-state index in [0.717, 1.165) is 0 Å². The Balaban J connectivity index is 0.000000379. The van der Waals surface area contributed by atoms with E-state index < -0.39 is 16.9 Å². The van der Waals surface area contributed by atoms with Crippen molar-refractivity contribution in [1.29, 1.82) is 0 Å². The van der Waals surface area contributed by atoms with Crippen molar-refractivity contribution in [1.82, 2.24) is 9.97 Å². The Hall–Kier alpha value is -3.31. The second kappa shape index (κ2) is 11.3. The van der Waals surface area contributed by atoms with Crippen molar-refractivity contribution >= 4 is 17.9 Å². The number of aliphatic hydroxyl groups excluding tert-OH is 2. The van der Waals surface area contributed by atoms with E-state index in [1.807, 2.05) is 0 Å². The molecule has 0 amide bonds. The molecule has 0 saturated carbocycles. The van der Waals surface area contributed by atoms with Crippen LogP contribution in [-0.2, 0) is 0 Å². The van der Waals surface area contributed by atoms with Crippen LogP contribution in [0.3, 0.4) is 0 Å². The van der Waals surface area contributed by atoms with E-state index in [-0.39, 0.29) is 30.3 Å². The zero-order chi connectivity index (χ0) is 18.5. The molecule has 0 aliphatic heterocycles. The zero-order valence-corrected chi connectivity index (χ0v) is 12.2. The number of rotatable bonds is 4. The number of carboxylic acid groups (broad SMARTS) is 2. The maximum Gasteiger partial charge on any atom is 0.432 e. The first-order valence-corrected chi connectivity index (χ1v) is 6.26. The highest BCUT2D eigenvalue weighted by Gasteiger charge is 2.13. The molecule has 0 saturated heterocycles. The van der Waals surface area contributed by atoms with Crippen LogP contribution in [0.4, 0.5) is 5.95 Å². The summed E-state index contributed by atoms with van der Waals surface area (Å²) in [5.74, 6) is -2.67. The van der Waals surface area contributed by atoms with Gasteiger partial charge in [-0.2, -0.15) is 0 Å². The lowest BCUT2D eigenvalue weighted by Crippen LogP contribution is -2.06. The van der Waals surface area contributed by atoms with Crippen LogP contribution >= 0.6 is 0 Å². The summed E-state index contributed by atoms with van der Waals surface area (Å²) < 4.78 is 0. The van der Waals surface area contributed by atoms with E-state index in [9.17, 15) is 19.7 Å². The number of nitrogens with zero attached hydrogens (tertiary/aromatic N) is 2. The van der Waals surface area contributed by atoms with E-state index in [2.05, 4.69) is 9.97 Å². The van der Waals surface area contributed by atoms with Crippen LogP contribution in [0.5, 0.6) is 0 Å². The van der Waals surface area contributed by atoms with Crippen molar-refractivity contribution < 1.29 is 34.9 Å². The summed E-state index contributed by atoms with van der Waals surface area (Å²) in [7, 11) is 0. The molecule has 2 aromatic rings. The Morgan fingerprint density at radius 1 is 1.08 bits per heavy atom. The Morgan fingerprint density at radius 2 is 1.54 bits per heavy atom. The molecule has 130 valence electrons. The first-order valence-electron chi connectivity index (χ1n) is 6.26. The van der Waals surface area contributed by atoms with Gasteiger partial charge >= 0.3 is 17.9 Å². The van der Waals surface area contributed by atoms with Gasteiger partial charge in [0.25, 0.3) is 0 Å². The molecule has 1 aromatic carbocycles. The molecule has 1 heterocycles. The van der Waals surface area contributed by atoms with Gasteiger partial charge in [0.2, 0.25) is 0 Å². The Kier molecular flexibility index (Phi) is 9.73. The maximum atomic E-state index is 10.5.